The maximum atomic E-state index is 11.1. The van der Waals surface area contributed by atoms with E-state index in [0.717, 1.165) is 23.4 Å². The third kappa shape index (κ3) is 1.54. The first-order valence-electron chi connectivity index (χ1n) is 4.30. The van der Waals surface area contributed by atoms with Crippen LogP contribution in [0.1, 0.15) is 16.5 Å². The molecule has 2 rings (SSSR count). The summed E-state index contributed by atoms with van der Waals surface area (Å²) in [4.78, 5) is 14.0. The number of carbonyl (C=O) groups is 1. The van der Waals surface area contributed by atoms with Gasteiger partial charge in [0.05, 0.1) is 4.34 Å². The predicted molar refractivity (Wildman–Crippen MR) is 56.0 cm³/mol. The first-order chi connectivity index (χ1) is 6.59. The van der Waals surface area contributed by atoms with Crippen LogP contribution < -0.4 is 0 Å². The molecule has 0 saturated heterocycles. The third-order valence-electron chi connectivity index (χ3n) is 2.47. The van der Waals surface area contributed by atoms with Gasteiger partial charge in [-0.1, -0.05) is 11.6 Å². The summed E-state index contributed by atoms with van der Waals surface area (Å²) in [5.41, 5.74) is 0.862. The van der Waals surface area contributed by atoms with E-state index in [1.54, 1.807) is 6.07 Å². The van der Waals surface area contributed by atoms with Gasteiger partial charge in [0.15, 0.2) is 0 Å². The molecule has 0 spiro atoms. The number of fused-ring (bicyclic) bond motifs is 1. The molecule has 0 radical (unpaired) electrons. The zero-order valence-electron chi connectivity index (χ0n) is 7.66. The molecule has 0 aromatic carbocycles. The molecule has 3 nitrogen and oxygen atoms in total. The summed E-state index contributed by atoms with van der Waals surface area (Å²) in [7, 11) is 1.83. The zero-order chi connectivity index (χ0) is 10.3. The zero-order valence-corrected chi connectivity index (χ0v) is 9.23. The number of rotatable bonds is 1. The minimum absolute atomic E-state index is 0.525. The number of likely N-dealkylation sites (N-methyl/N-ethyl adjacent to an activating group) is 1. The summed E-state index contributed by atoms with van der Waals surface area (Å²) in [6.45, 7) is 0.779. The summed E-state index contributed by atoms with van der Waals surface area (Å²) in [5, 5.41) is 9.08. The number of aliphatic carboxylic acids is 1. The summed E-state index contributed by atoms with van der Waals surface area (Å²) >= 11 is 7.36. The first kappa shape index (κ1) is 9.96. The van der Waals surface area contributed by atoms with E-state index >= 15 is 0 Å². The molecule has 1 aliphatic heterocycles. The second-order valence-corrected chi connectivity index (χ2v) is 5.17. The van der Waals surface area contributed by atoms with Gasteiger partial charge in [-0.2, -0.15) is 0 Å². The van der Waals surface area contributed by atoms with E-state index in [1.807, 2.05) is 11.9 Å². The molecule has 14 heavy (non-hydrogen) atoms. The lowest BCUT2D eigenvalue weighted by molar-refractivity contribution is -0.143. The van der Waals surface area contributed by atoms with Crippen LogP contribution >= 0.6 is 22.9 Å². The van der Waals surface area contributed by atoms with Crippen LogP contribution in [0.2, 0.25) is 4.34 Å². The van der Waals surface area contributed by atoms with Gasteiger partial charge in [-0.25, -0.2) is 0 Å². The highest BCUT2D eigenvalue weighted by molar-refractivity contribution is 7.16. The molecule has 1 atom stereocenters. The van der Waals surface area contributed by atoms with Gasteiger partial charge in [0, 0.05) is 11.4 Å². The molecule has 0 saturated carbocycles. The average molecular weight is 232 g/mol. The van der Waals surface area contributed by atoms with Crippen molar-refractivity contribution in [2.45, 2.75) is 12.5 Å². The van der Waals surface area contributed by atoms with Crippen LogP contribution in [0.4, 0.5) is 0 Å². The number of halogens is 1. The highest BCUT2D eigenvalue weighted by atomic mass is 35.5. The van der Waals surface area contributed by atoms with Crippen molar-refractivity contribution in [1.29, 1.82) is 0 Å². The lowest BCUT2D eigenvalue weighted by atomic mass is 10.0. The van der Waals surface area contributed by atoms with E-state index < -0.39 is 12.0 Å². The fourth-order valence-corrected chi connectivity index (χ4v) is 3.10. The quantitative estimate of drug-likeness (QED) is 0.804. The van der Waals surface area contributed by atoms with Gasteiger partial charge in [0.1, 0.15) is 6.04 Å². The van der Waals surface area contributed by atoms with Gasteiger partial charge in [-0.05, 0) is 25.1 Å². The van der Waals surface area contributed by atoms with Crippen LogP contribution in [0.3, 0.4) is 0 Å². The molecule has 5 heteroatoms. The Kier molecular flexibility index (Phi) is 2.51. The monoisotopic (exact) mass is 231 g/mol. The fraction of sp³-hybridized carbons (Fsp3) is 0.444. The van der Waals surface area contributed by atoms with Crippen LogP contribution in [-0.4, -0.2) is 29.6 Å². The summed E-state index contributed by atoms with van der Waals surface area (Å²) in [6, 6.07) is 1.25. The Hall–Kier alpha value is -0.580. The van der Waals surface area contributed by atoms with Gasteiger partial charge >= 0.3 is 5.97 Å². The number of nitrogens with zero attached hydrogens (tertiary/aromatic N) is 1. The Morgan fingerprint density at radius 3 is 3.14 bits per heavy atom. The molecule has 1 unspecified atom stereocenters. The Balaban J connectivity index is 2.45. The van der Waals surface area contributed by atoms with Crippen molar-refractivity contribution in [3.05, 3.63) is 20.8 Å². The van der Waals surface area contributed by atoms with Gasteiger partial charge < -0.3 is 5.11 Å². The van der Waals surface area contributed by atoms with Crippen molar-refractivity contribution in [2.75, 3.05) is 13.6 Å². The number of carboxylic acid groups (broad SMARTS) is 1. The Morgan fingerprint density at radius 1 is 1.79 bits per heavy atom. The minimum Gasteiger partial charge on any atom is -0.480 e. The van der Waals surface area contributed by atoms with Crippen molar-refractivity contribution in [3.63, 3.8) is 0 Å². The van der Waals surface area contributed by atoms with Gasteiger partial charge in [-0.3, -0.25) is 9.69 Å². The first-order valence-corrected chi connectivity index (χ1v) is 5.50. The van der Waals surface area contributed by atoms with Crippen molar-refractivity contribution >= 4 is 28.9 Å². The van der Waals surface area contributed by atoms with Crippen LogP contribution in [0, 0.1) is 0 Å². The third-order valence-corrected chi connectivity index (χ3v) is 3.81. The lowest BCUT2D eigenvalue weighted by Crippen LogP contribution is -2.35. The van der Waals surface area contributed by atoms with Crippen LogP contribution in [0.5, 0.6) is 0 Å². The molecule has 1 aromatic heterocycles. The number of carboxylic acids is 1. The topological polar surface area (TPSA) is 40.5 Å². The fourth-order valence-electron chi connectivity index (χ4n) is 1.80. The van der Waals surface area contributed by atoms with Gasteiger partial charge in [0.2, 0.25) is 0 Å². The molecular formula is C9H10ClNO2S. The highest BCUT2D eigenvalue weighted by Crippen LogP contribution is 2.36. The van der Waals surface area contributed by atoms with Gasteiger partial charge in [0.25, 0.3) is 0 Å². The highest BCUT2D eigenvalue weighted by Gasteiger charge is 2.31. The molecule has 0 bridgehead atoms. The minimum atomic E-state index is -0.803. The van der Waals surface area contributed by atoms with E-state index in [4.69, 9.17) is 16.7 Å². The normalized spacial score (nSPS) is 22.0. The maximum Gasteiger partial charge on any atom is 0.325 e. The van der Waals surface area contributed by atoms with Crippen molar-refractivity contribution in [1.82, 2.24) is 4.90 Å². The van der Waals surface area contributed by atoms with Gasteiger partial charge in [-0.15, -0.1) is 11.3 Å². The smallest absolute Gasteiger partial charge is 0.325 e. The van der Waals surface area contributed by atoms with E-state index in [-0.39, 0.29) is 0 Å². The number of hydrogen-bond acceptors (Lipinski definition) is 3. The van der Waals surface area contributed by atoms with Crippen molar-refractivity contribution < 1.29 is 9.90 Å². The molecular weight excluding hydrogens is 222 g/mol. The standard InChI is InChI=1S/C9H10ClNO2S/c1-11-3-2-6-5(4-7(10)14-6)8(11)9(12)13/h4,8H,2-3H2,1H3,(H,12,13). The molecule has 0 aliphatic carbocycles. The van der Waals surface area contributed by atoms with Crippen LogP contribution in [-0.2, 0) is 11.2 Å². The lowest BCUT2D eigenvalue weighted by Gasteiger charge is -2.29. The Morgan fingerprint density at radius 2 is 2.50 bits per heavy atom. The molecule has 0 amide bonds. The molecule has 76 valence electrons. The summed E-state index contributed by atoms with van der Waals surface area (Å²) in [5.74, 6) is -0.803. The van der Waals surface area contributed by atoms with E-state index in [9.17, 15) is 4.79 Å². The SMILES string of the molecule is CN1CCc2sc(Cl)cc2C1C(=O)O. The maximum absolute atomic E-state index is 11.1. The molecule has 0 fully saturated rings. The summed E-state index contributed by atoms with van der Waals surface area (Å²) in [6.07, 6.45) is 0.896. The number of thiophene rings is 1. The molecule has 1 N–H and O–H groups in total. The van der Waals surface area contributed by atoms with E-state index in [0.29, 0.717) is 4.34 Å². The molecule has 1 aliphatic rings. The van der Waals surface area contributed by atoms with Crippen LogP contribution in [0.15, 0.2) is 6.07 Å². The van der Waals surface area contributed by atoms with E-state index in [2.05, 4.69) is 0 Å². The van der Waals surface area contributed by atoms with Crippen molar-refractivity contribution in [3.8, 4) is 0 Å². The second-order valence-electron chi connectivity index (χ2n) is 3.40. The van der Waals surface area contributed by atoms with E-state index in [1.165, 1.54) is 11.3 Å². The molecule has 1 aromatic rings. The Bertz CT molecular complexity index is 377. The van der Waals surface area contributed by atoms with Crippen molar-refractivity contribution in [2.24, 2.45) is 0 Å². The summed E-state index contributed by atoms with van der Waals surface area (Å²) < 4.78 is 0.677. The average Bonchev–Trinajstić information content (AvgIpc) is 2.43. The largest absolute Gasteiger partial charge is 0.480 e. The van der Waals surface area contributed by atoms with Crippen LogP contribution in [0.25, 0.3) is 0 Å². The predicted octanol–water partition coefficient (Wildman–Crippen LogP) is 2.02. The second kappa shape index (κ2) is 3.53. The number of hydrogen-bond donors (Lipinski definition) is 1. The Labute approximate surface area is 90.9 Å². The molecule has 2 heterocycles.